The minimum absolute atomic E-state index is 0.00668. The SMILES string of the molecule is CC(C)(C)OC(=O)N[C@@H](CCC(=O)OCc1ccccc1)C(=O)COc1c(F)c(F)cc(F)c1F. The molecule has 0 radical (unpaired) electrons. The highest BCUT2D eigenvalue weighted by molar-refractivity contribution is 5.89. The van der Waals surface area contributed by atoms with Crippen molar-refractivity contribution >= 4 is 17.8 Å². The molecular weight excluding hydrogens is 474 g/mol. The van der Waals surface area contributed by atoms with Crippen molar-refractivity contribution in [2.24, 2.45) is 0 Å². The van der Waals surface area contributed by atoms with Crippen LogP contribution in [0.2, 0.25) is 0 Å². The monoisotopic (exact) mass is 499 g/mol. The molecule has 0 aliphatic rings. The van der Waals surface area contributed by atoms with E-state index in [1.165, 1.54) is 0 Å². The molecule has 0 heterocycles. The number of ether oxygens (including phenoxy) is 3. The fourth-order valence-electron chi connectivity index (χ4n) is 2.76. The van der Waals surface area contributed by atoms with Crippen molar-refractivity contribution in [1.29, 1.82) is 0 Å². The normalized spacial score (nSPS) is 12.0. The molecule has 0 aliphatic heterocycles. The lowest BCUT2D eigenvalue weighted by atomic mass is 10.1. The van der Waals surface area contributed by atoms with Gasteiger partial charge in [0.15, 0.2) is 23.2 Å². The maximum atomic E-state index is 13.8. The number of hydrogen-bond donors (Lipinski definition) is 1. The van der Waals surface area contributed by atoms with Gasteiger partial charge in [0.1, 0.15) is 18.8 Å². The molecule has 1 amide bonds. The number of ketones is 1. The molecule has 0 aromatic heterocycles. The van der Waals surface area contributed by atoms with Crippen LogP contribution in [0.3, 0.4) is 0 Å². The molecule has 0 aliphatic carbocycles. The number of esters is 1. The molecule has 0 saturated heterocycles. The second kappa shape index (κ2) is 12.2. The van der Waals surface area contributed by atoms with Gasteiger partial charge in [-0.2, -0.15) is 8.78 Å². The summed E-state index contributed by atoms with van der Waals surface area (Å²) in [7, 11) is 0. The van der Waals surface area contributed by atoms with Gasteiger partial charge in [-0.15, -0.1) is 0 Å². The van der Waals surface area contributed by atoms with Crippen molar-refractivity contribution in [3.8, 4) is 5.75 Å². The zero-order valence-electron chi connectivity index (χ0n) is 19.3. The first-order valence-corrected chi connectivity index (χ1v) is 10.5. The Kier molecular flexibility index (Phi) is 9.61. The molecule has 0 spiro atoms. The molecule has 2 rings (SSSR count). The molecule has 0 bridgehead atoms. The van der Waals surface area contributed by atoms with Crippen LogP contribution in [0.5, 0.6) is 5.75 Å². The van der Waals surface area contributed by atoms with E-state index in [0.717, 1.165) is 5.56 Å². The summed E-state index contributed by atoms with van der Waals surface area (Å²) in [4.78, 5) is 36.9. The fraction of sp³-hybridized carbons (Fsp3) is 0.375. The predicted molar refractivity (Wildman–Crippen MR) is 115 cm³/mol. The first-order valence-electron chi connectivity index (χ1n) is 10.5. The van der Waals surface area contributed by atoms with Gasteiger partial charge in [0.05, 0.1) is 6.04 Å². The van der Waals surface area contributed by atoms with Crippen molar-refractivity contribution in [3.63, 3.8) is 0 Å². The number of halogens is 4. The Balaban J connectivity index is 2.05. The molecule has 2 aromatic rings. The molecular formula is C24H25F4NO6. The van der Waals surface area contributed by atoms with E-state index in [4.69, 9.17) is 9.47 Å². The van der Waals surface area contributed by atoms with Crippen LogP contribution in [0.15, 0.2) is 36.4 Å². The molecule has 11 heteroatoms. The summed E-state index contributed by atoms with van der Waals surface area (Å²) in [6.45, 7) is 3.67. The molecule has 0 unspecified atom stereocenters. The maximum absolute atomic E-state index is 13.8. The molecule has 35 heavy (non-hydrogen) atoms. The first-order chi connectivity index (χ1) is 16.4. The lowest BCUT2D eigenvalue weighted by molar-refractivity contribution is -0.145. The molecule has 0 fully saturated rings. The van der Waals surface area contributed by atoms with E-state index in [9.17, 15) is 31.9 Å². The van der Waals surface area contributed by atoms with E-state index in [-0.39, 0.29) is 25.5 Å². The van der Waals surface area contributed by atoms with Crippen LogP contribution in [0.4, 0.5) is 22.4 Å². The quantitative estimate of drug-likeness (QED) is 0.292. The second-order valence-electron chi connectivity index (χ2n) is 8.44. The van der Waals surface area contributed by atoms with Crippen LogP contribution in [0.25, 0.3) is 0 Å². The molecule has 7 nitrogen and oxygen atoms in total. The van der Waals surface area contributed by atoms with Gasteiger partial charge in [-0.05, 0) is 32.8 Å². The summed E-state index contributed by atoms with van der Waals surface area (Å²) >= 11 is 0. The van der Waals surface area contributed by atoms with Gasteiger partial charge < -0.3 is 19.5 Å². The van der Waals surface area contributed by atoms with Crippen LogP contribution in [0.1, 0.15) is 39.2 Å². The number of carbonyl (C=O) groups excluding carboxylic acids is 3. The number of hydrogen-bond acceptors (Lipinski definition) is 6. The Bertz CT molecular complexity index is 1030. The summed E-state index contributed by atoms with van der Waals surface area (Å²) in [6, 6.07) is 7.41. The number of Topliss-reactive ketones (excluding diaryl/α,β-unsaturated/α-hetero) is 1. The number of rotatable bonds is 10. The van der Waals surface area contributed by atoms with Crippen LogP contribution in [-0.2, 0) is 25.7 Å². The number of benzene rings is 2. The lowest BCUT2D eigenvalue weighted by Gasteiger charge is -2.23. The minimum Gasteiger partial charge on any atom is -0.479 e. The van der Waals surface area contributed by atoms with Gasteiger partial charge in [0.2, 0.25) is 11.6 Å². The highest BCUT2D eigenvalue weighted by Gasteiger charge is 2.27. The lowest BCUT2D eigenvalue weighted by Crippen LogP contribution is -2.45. The average Bonchev–Trinajstić information content (AvgIpc) is 2.78. The van der Waals surface area contributed by atoms with Gasteiger partial charge in [0, 0.05) is 12.5 Å². The standard InChI is InChI=1S/C24H25F4NO6/c1-24(2,3)35-23(32)29-17(9-10-19(31)33-12-14-7-5-4-6-8-14)18(30)13-34-22-20(27)15(25)11-16(26)21(22)28/h4-8,11,17H,9-10,12-13H2,1-3H3,(H,29,32)/t17-/m0/s1. The number of amides is 1. The molecule has 0 saturated carbocycles. The van der Waals surface area contributed by atoms with Crippen LogP contribution >= 0.6 is 0 Å². The molecule has 2 aromatic carbocycles. The first kappa shape index (κ1) is 27.6. The smallest absolute Gasteiger partial charge is 0.408 e. The van der Waals surface area contributed by atoms with Crippen LogP contribution in [0, 0.1) is 23.3 Å². The summed E-state index contributed by atoms with van der Waals surface area (Å²) in [5.41, 5.74) is -0.172. The Morgan fingerprint density at radius 1 is 0.971 bits per heavy atom. The summed E-state index contributed by atoms with van der Waals surface area (Å²) in [5, 5.41) is 2.26. The largest absolute Gasteiger partial charge is 0.479 e. The number of nitrogens with one attached hydrogen (secondary N) is 1. The van der Waals surface area contributed by atoms with Gasteiger partial charge in [-0.3, -0.25) is 9.59 Å². The Morgan fingerprint density at radius 3 is 2.14 bits per heavy atom. The highest BCUT2D eigenvalue weighted by Crippen LogP contribution is 2.26. The van der Waals surface area contributed by atoms with Gasteiger partial charge in [-0.25, -0.2) is 13.6 Å². The third-order valence-corrected chi connectivity index (χ3v) is 4.39. The maximum Gasteiger partial charge on any atom is 0.408 e. The van der Waals surface area contributed by atoms with E-state index >= 15 is 0 Å². The third-order valence-electron chi connectivity index (χ3n) is 4.39. The zero-order valence-corrected chi connectivity index (χ0v) is 19.3. The molecule has 1 atom stereocenters. The van der Waals surface area contributed by atoms with Crippen LogP contribution in [-0.4, -0.2) is 36.1 Å². The minimum atomic E-state index is -1.82. The summed E-state index contributed by atoms with van der Waals surface area (Å²) < 4.78 is 69.2. The fourth-order valence-corrected chi connectivity index (χ4v) is 2.76. The van der Waals surface area contributed by atoms with E-state index in [1.807, 2.05) is 0 Å². The van der Waals surface area contributed by atoms with E-state index in [0.29, 0.717) is 0 Å². The van der Waals surface area contributed by atoms with E-state index < -0.39 is 65.1 Å². The van der Waals surface area contributed by atoms with Crippen LogP contribution < -0.4 is 10.1 Å². The van der Waals surface area contributed by atoms with Crippen molar-refractivity contribution in [1.82, 2.24) is 5.32 Å². The highest BCUT2D eigenvalue weighted by atomic mass is 19.2. The predicted octanol–water partition coefficient (Wildman–Crippen LogP) is 4.61. The Hall–Kier alpha value is -3.63. The summed E-state index contributed by atoms with van der Waals surface area (Å²) in [5.74, 6) is -10.1. The number of carbonyl (C=O) groups is 3. The summed E-state index contributed by atoms with van der Waals surface area (Å²) in [6.07, 6.45) is -1.57. The van der Waals surface area contributed by atoms with Gasteiger partial charge >= 0.3 is 12.1 Å². The van der Waals surface area contributed by atoms with E-state index in [2.05, 4.69) is 10.1 Å². The molecule has 1 N–H and O–H groups in total. The second-order valence-corrected chi connectivity index (χ2v) is 8.44. The van der Waals surface area contributed by atoms with Crippen molar-refractivity contribution in [2.45, 2.75) is 51.9 Å². The zero-order chi connectivity index (χ0) is 26.2. The average molecular weight is 499 g/mol. The van der Waals surface area contributed by atoms with Crippen molar-refractivity contribution in [2.75, 3.05) is 6.61 Å². The van der Waals surface area contributed by atoms with Crippen molar-refractivity contribution < 1.29 is 46.2 Å². The van der Waals surface area contributed by atoms with Crippen molar-refractivity contribution in [3.05, 3.63) is 65.2 Å². The van der Waals surface area contributed by atoms with Gasteiger partial charge in [-0.1, -0.05) is 30.3 Å². The molecule has 190 valence electrons. The number of alkyl carbamates (subject to hydrolysis) is 1. The third kappa shape index (κ3) is 8.91. The Morgan fingerprint density at radius 2 is 1.57 bits per heavy atom. The van der Waals surface area contributed by atoms with Gasteiger partial charge in [0.25, 0.3) is 0 Å². The Labute approximate surface area is 199 Å². The van der Waals surface area contributed by atoms with E-state index in [1.54, 1.807) is 51.1 Å². The topological polar surface area (TPSA) is 90.9 Å².